The van der Waals surface area contributed by atoms with Crippen molar-refractivity contribution in [3.05, 3.63) is 35.4 Å². The van der Waals surface area contributed by atoms with Gasteiger partial charge in [0.1, 0.15) is 0 Å². The molecule has 0 bridgehead atoms. The Morgan fingerprint density at radius 3 is 2.24 bits per heavy atom. The van der Waals surface area contributed by atoms with Gasteiger partial charge in [-0.25, -0.2) is 8.78 Å². The lowest BCUT2D eigenvalue weighted by molar-refractivity contribution is 0.359. The van der Waals surface area contributed by atoms with E-state index < -0.39 is 11.6 Å². The first-order chi connectivity index (χ1) is 7.97. The summed E-state index contributed by atoms with van der Waals surface area (Å²) in [4.78, 5) is 0. The molecular weight excluding hydrogens is 220 g/mol. The first kappa shape index (κ1) is 14.1. The monoisotopic (exact) mass is 241 g/mol. The molecule has 1 N–H and O–H groups in total. The summed E-state index contributed by atoms with van der Waals surface area (Å²) in [5.41, 5.74) is 0.837. The number of nitrogens with one attached hydrogen (secondary N) is 1. The Hall–Kier alpha value is -0.960. The highest BCUT2D eigenvalue weighted by Gasteiger charge is 2.21. The average molecular weight is 241 g/mol. The third-order valence-electron chi connectivity index (χ3n) is 3.17. The van der Waals surface area contributed by atoms with Gasteiger partial charge < -0.3 is 5.32 Å². The molecule has 0 fully saturated rings. The number of hydrogen-bond donors (Lipinski definition) is 1. The maximum Gasteiger partial charge on any atom is 0.159 e. The van der Waals surface area contributed by atoms with Crippen LogP contribution in [0.4, 0.5) is 8.78 Å². The van der Waals surface area contributed by atoms with Crippen molar-refractivity contribution in [2.75, 3.05) is 6.54 Å². The second-order valence-corrected chi connectivity index (χ2v) is 4.79. The van der Waals surface area contributed by atoms with Crippen molar-refractivity contribution in [1.29, 1.82) is 0 Å². The Labute approximate surface area is 102 Å². The summed E-state index contributed by atoms with van der Waals surface area (Å²) in [6.45, 7) is 9.22. The fourth-order valence-corrected chi connectivity index (χ4v) is 2.23. The topological polar surface area (TPSA) is 12.0 Å². The Balaban J connectivity index is 2.92. The van der Waals surface area contributed by atoms with Gasteiger partial charge in [-0.2, -0.15) is 0 Å². The zero-order valence-electron chi connectivity index (χ0n) is 10.9. The lowest BCUT2D eigenvalue weighted by Gasteiger charge is -2.28. The van der Waals surface area contributed by atoms with E-state index in [0.29, 0.717) is 5.92 Å². The third kappa shape index (κ3) is 3.50. The third-order valence-corrected chi connectivity index (χ3v) is 3.17. The first-order valence-corrected chi connectivity index (χ1v) is 6.15. The molecule has 0 spiro atoms. The van der Waals surface area contributed by atoms with Crippen molar-refractivity contribution in [2.45, 2.75) is 39.7 Å². The van der Waals surface area contributed by atoms with Crippen molar-refractivity contribution >= 4 is 0 Å². The van der Waals surface area contributed by atoms with E-state index in [9.17, 15) is 8.78 Å². The van der Waals surface area contributed by atoms with Gasteiger partial charge in [0, 0.05) is 6.04 Å². The zero-order valence-corrected chi connectivity index (χ0v) is 10.9. The van der Waals surface area contributed by atoms with Gasteiger partial charge in [-0.15, -0.1) is 0 Å². The van der Waals surface area contributed by atoms with Gasteiger partial charge in [-0.05, 0) is 36.1 Å². The molecule has 17 heavy (non-hydrogen) atoms. The fourth-order valence-electron chi connectivity index (χ4n) is 2.23. The van der Waals surface area contributed by atoms with E-state index in [4.69, 9.17) is 0 Å². The molecular formula is C14H21F2N. The van der Waals surface area contributed by atoms with Crippen molar-refractivity contribution in [3.63, 3.8) is 0 Å². The van der Waals surface area contributed by atoms with E-state index in [0.717, 1.165) is 12.1 Å². The van der Waals surface area contributed by atoms with Gasteiger partial charge >= 0.3 is 0 Å². The van der Waals surface area contributed by atoms with Crippen molar-refractivity contribution in [1.82, 2.24) is 5.32 Å². The molecule has 0 aliphatic rings. The highest BCUT2D eigenvalue weighted by Crippen LogP contribution is 2.25. The van der Waals surface area contributed by atoms with Gasteiger partial charge in [0.15, 0.2) is 11.6 Å². The smallest absolute Gasteiger partial charge is 0.159 e. The molecule has 1 aromatic rings. The van der Waals surface area contributed by atoms with Crippen LogP contribution in [0.25, 0.3) is 0 Å². The zero-order chi connectivity index (χ0) is 13.0. The molecule has 0 saturated carbocycles. The lowest BCUT2D eigenvalue weighted by atomic mass is 9.86. The summed E-state index contributed by atoms with van der Waals surface area (Å²) in [6.07, 6.45) is 0. The predicted molar refractivity (Wildman–Crippen MR) is 67.1 cm³/mol. The highest BCUT2D eigenvalue weighted by atomic mass is 19.2. The predicted octanol–water partition coefficient (Wildman–Crippen LogP) is 3.70. The number of rotatable bonds is 5. The van der Waals surface area contributed by atoms with E-state index in [2.05, 4.69) is 19.2 Å². The van der Waals surface area contributed by atoms with Crippen molar-refractivity contribution in [2.24, 2.45) is 5.92 Å². The molecule has 0 radical (unpaired) electrons. The Morgan fingerprint density at radius 2 is 1.76 bits per heavy atom. The molecule has 2 unspecified atom stereocenters. The molecule has 1 rings (SSSR count). The summed E-state index contributed by atoms with van der Waals surface area (Å²) in [5, 5.41) is 3.40. The largest absolute Gasteiger partial charge is 0.313 e. The minimum Gasteiger partial charge on any atom is -0.313 e. The number of likely N-dealkylation sites (N-methyl/N-ethyl adjacent to an activating group) is 1. The van der Waals surface area contributed by atoms with Crippen LogP contribution in [0.2, 0.25) is 0 Å². The number of hydrogen-bond acceptors (Lipinski definition) is 1. The average Bonchev–Trinajstić information content (AvgIpc) is 2.28. The molecule has 96 valence electrons. The second kappa shape index (κ2) is 6.10. The molecule has 1 aromatic carbocycles. The maximum absolute atomic E-state index is 13.2. The summed E-state index contributed by atoms with van der Waals surface area (Å²) in [6, 6.07) is 4.43. The molecule has 1 nitrogen and oxygen atoms in total. The van der Waals surface area contributed by atoms with Gasteiger partial charge in [0.05, 0.1) is 0 Å². The summed E-state index contributed by atoms with van der Waals surface area (Å²) in [5.74, 6) is -0.957. The van der Waals surface area contributed by atoms with E-state index in [1.54, 1.807) is 6.07 Å². The van der Waals surface area contributed by atoms with Crippen LogP contribution in [0.5, 0.6) is 0 Å². The lowest BCUT2D eigenvalue weighted by Crippen LogP contribution is -2.38. The molecule has 0 aliphatic heterocycles. The minimum atomic E-state index is -0.787. The van der Waals surface area contributed by atoms with Gasteiger partial charge in [0.2, 0.25) is 0 Å². The summed E-state index contributed by atoms with van der Waals surface area (Å²) < 4.78 is 26.1. The van der Waals surface area contributed by atoms with E-state index in [1.165, 1.54) is 12.1 Å². The summed E-state index contributed by atoms with van der Waals surface area (Å²) in [7, 11) is 0. The van der Waals surface area contributed by atoms with E-state index in [-0.39, 0.29) is 12.0 Å². The molecule has 0 amide bonds. The SMILES string of the molecule is CCNC(C(C)C)C(C)c1ccc(F)c(F)c1. The summed E-state index contributed by atoms with van der Waals surface area (Å²) >= 11 is 0. The van der Waals surface area contributed by atoms with Crippen LogP contribution in [0.15, 0.2) is 18.2 Å². The van der Waals surface area contributed by atoms with Crippen LogP contribution < -0.4 is 5.32 Å². The highest BCUT2D eigenvalue weighted by molar-refractivity contribution is 5.23. The van der Waals surface area contributed by atoms with Crippen molar-refractivity contribution in [3.8, 4) is 0 Å². The van der Waals surface area contributed by atoms with Crippen LogP contribution in [0.1, 0.15) is 39.2 Å². The van der Waals surface area contributed by atoms with E-state index in [1.807, 2.05) is 13.8 Å². The van der Waals surface area contributed by atoms with Crippen LogP contribution in [0.3, 0.4) is 0 Å². The minimum absolute atomic E-state index is 0.157. The molecule has 3 heteroatoms. The van der Waals surface area contributed by atoms with Crippen LogP contribution >= 0.6 is 0 Å². The standard InChI is InChI=1S/C14H21F2N/c1-5-17-14(9(2)3)10(4)11-6-7-12(15)13(16)8-11/h6-10,14,17H,5H2,1-4H3. The van der Waals surface area contributed by atoms with Crippen LogP contribution in [-0.2, 0) is 0 Å². The van der Waals surface area contributed by atoms with Gasteiger partial charge in [0.25, 0.3) is 0 Å². The molecule has 0 saturated heterocycles. The second-order valence-electron chi connectivity index (χ2n) is 4.79. The van der Waals surface area contributed by atoms with Crippen LogP contribution in [-0.4, -0.2) is 12.6 Å². The van der Waals surface area contributed by atoms with Crippen molar-refractivity contribution < 1.29 is 8.78 Å². The maximum atomic E-state index is 13.2. The fraction of sp³-hybridized carbons (Fsp3) is 0.571. The number of benzene rings is 1. The molecule has 0 aliphatic carbocycles. The van der Waals surface area contributed by atoms with E-state index >= 15 is 0 Å². The molecule has 0 heterocycles. The normalized spacial score (nSPS) is 15.0. The Bertz CT molecular complexity index is 363. The molecule has 0 aromatic heterocycles. The Morgan fingerprint density at radius 1 is 1.12 bits per heavy atom. The molecule has 2 atom stereocenters. The number of halogens is 2. The Kier molecular flexibility index (Phi) is 5.06. The van der Waals surface area contributed by atoms with Gasteiger partial charge in [-0.3, -0.25) is 0 Å². The van der Waals surface area contributed by atoms with Crippen LogP contribution in [0, 0.1) is 17.6 Å². The quantitative estimate of drug-likeness (QED) is 0.828. The van der Waals surface area contributed by atoms with Gasteiger partial charge in [-0.1, -0.05) is 33.8 Å². The first-order valence-electron chi connectivity index (χ1n) is 6.15.